The van der Waals surface area contributed by atoms with Crippen molar-refractivity contribution in [2.24, 2.45) is 10.2 Å². The Bertz CT molecular complexity index is 1860. The molecule has 4 aromatic carbocycles. The van der Waals surface area contributed by atoms with E-state index in [0.29, 0.717) is 23.3 Å². The van der Waals surface area contributed by atoms with Crippen LogP contribution in [-0.4, -0.2) is 23.3 Å². The van der Waals surface area contributed by atoms with Crippen molar-refractivity contribution in [2.45, 2.75) is 39.5 Å². The number of carbonyl (C=O) groups excluding carboxylic acids is 2. The summed E-state index contributed by atoms with van der Waals surface area (Å²) < 4.78 is 17.9. The topological polar surface area (TPSA) is 108 Å². The van der Waals surface area contributed by atoms with Crippen LogP contribution in [0.5, 0.6) is 0 Å². The minimum atomic E-state index is -2.94. The first-order valence-electron chi connectivity index (χ1n) is 15.5. The fourth-order valence-corrected chi connectivity index (χ4v) is 9.93. The number of nitrogens with zero attached hydrogens (tertiary/aromatic N) is 2. The van der Waals surface area contributed by atoms with Gasteiger partial charge in [0.25, 0.3) is 5.69 Å². The van der Waals surface area contributed by atoms with Crippen molar-refractivity contribution in [3.05, 3.63) is 154 Å². The molecule has 1 unspecified atom stereocenters. The maximum absolute atomic E-state index is 14.1. The number of nitro benzene ring substituents is 1. The van der Waals surface area contributed by atoms with Crippen LogP contribution in [0.15, 0.2) is 143 Å². The number of hydrogen-bond donors (Lipinski definition) is 0. The number of nitro groups is 1. The second-order valence-corrected chi connectivity index (χ2v) is 15.4. The van der Waals surface area contributed by atoms with E-state index >= 15 is 0 Å². The van der Waals surface area contributed by atoms with Crippen LogP contribution in [0.3, 0.4) is 0 Å². The third kappa shape index (κ3) is 6.09. The first kappa shape index (κ1) is 31.9. The molecule has 0 saturated carbocycles. The normalized spacial score (nSPS) is 17.4. The van der Waals surface area contributed by atoms with Gasteiger partial charge in [-0.25, -0.2) is 9.54 Å². The largest absolute Gasteiger partial charge is 0.462 e. The summed E-state index contributed by atoms with van der Waals surface area (Å²) in [5, 5.41) is 14.7. The standard InChI is InChI=1S/C38H35N2O6P/c1-4-45-37(42)35-33(26-15-14-16-27(23-26)40(43)44)34-31(41)24-38(2,3)25-32(34)46-36(35)39-47(28-17-8-5-9-18-28,29-19-10-6-11-20-29)30-21-12-7-13-22-30/h5-23,33H,4,24-25H2,1-3H3. The zero-order chi connectivity index (χ0) is 33.2. The number of ketones is 1. The van der Waals surface area contributed by atoms with Crippen LogP contribution in [-0.2, 0) is 19.1 Å². The van der Waals surface area contributed by atoms with Gasteiger partial charge in [-0.1, -0.05) is 117 Å². The molecule has 0 fully saturated rings. The highest BCUT2D eigenvalue weighted by Crippen LogP contribution is 2.54. The maximum Gasteiger partial charge on any atom is 0.340 e. The fourth-order valence-electron chi connectivity index (χ4n) is 6.46. The molecule has 1 aliphatic heterocycles. The van der Waals surface area contributed by atoms with Crippen LogP contribution >= 0.6 is 7.05 Å². The van der Waals surface area contributed by atoms with Gasteiger partial charge in [0.05, 0.1) is 24.5 Å². The summed E-state index contributed by atoms with van der Waals surface area (Å²) >= 11 is 0. The van der Waals surface area contributed by atoms with E-state index in [4.69, 9.17) is 14.2 Å². The third-order valence-electron chi connectivity index (χ3n) is 8.45. The Morgan fingerprint density at radius 2 is 1.45 bits per heavy atom. The number of allylic oxidation sites excluding steroid dienone is 2. The second-order valence-electron chi connectivity index (χ2n) is 12.3. The van der Waals surface area contributed by atoms with Crippen molar-refractivity contribution < 1.29 is 24.0 Å². The first-order valence-corrected chi connectivity index (χ1v) is 17.3. The predicted molar refractivity (Wildman–Crippen MR) is 183 cm³/mol. The SMILES string of the molecule is CCOC(=O)C1=C(N=P(c2ccccc2)(c2ccccc2)c2ccccc2)OC2=C(C(=O)CC(C)(C)C2)C1c1cccc([N+](=O)[O-])c1. The lowest BCUT2D eigenvalue weighted by Gasteiger charge is -2.38. The lowest BCUT2D eigenvalue weighted by atomic mass is 9.70. The summed E-state index contributed by atoms with van der Waals surface area (Å²) in [6, 6.07) is 35.8. The van der Waals surface area contributed by atoms with Crippen molar-refractivity contribution in [2.75, 3.05) is 6.61 Å². The molecule has 1 aliphatic carbocycles. The lowest BCUT2D eigenvalue weighted by Crippen LogP contribution is -2.34. The van der Waals surface area contributed by atoms with E-state index in [1.807, 2.05) is 105 Å². The predicted octanol–water partition coefficient (Wildman–Crippen LogP) is 7.30. The summed E-state index contributed by atoms with van der Waals surface area (Å²) in [6.45, 7) is 5.77. The molecule has 0 N–H and O–H groups in total. The molecule has 0 amide bonds. The van der Waals surface area contributed by atoms with Crippen LogP contribution < -0.4 is 15.9 Å². The number of rotatable bonds is 8. The van der Waals surface area contributed by atoms with Gasteiger partial charge in [-0.15, -0.1) is 0 Å². The smallest absolute Gasteiger partial charge is 0.340 e. The Kier molecular flexibility index (Phi) is 8.80. The van der Waals surface area contributed by atoms with Crippen molar-refractivity contribution in [1.29, 1.82) is 0 Å². The lowest BCUT2D eigenvalue weighted by molar-refractivity contribution is -0.384. The summed E-state index contributed by atoms with van der Waals surface area (Å²) in [7, 11) is -2.94. The fraction of sp³-hybridized carbons (Fsp3) is 0.211. The van der Waals surface area contributed by atoms with Crippen LogP contribution in [0, 0.1) is 15.5 Å². The minimum absolute atomic E-state index is 0.0475. The molecule has 0 aromatic heterocycles. The molecule has 2 aliphatic rings. The summed E-state index contributed by atoms with van der Waals surface area (Å²) in [4.78, 5) is 39.5. The molecule has 1 heterocycles. The summed E-state index contributed by atoms with van der Waals surface area (Å²) in [6.07, 6.45) is 0.653. The van der Waals surface area contributed by atoms with E-state index in [0.717, 1.165) is 15.9 Å². The molecule has 238 valence electrons. The van der Waals surface area contributed by atoms with Gasteiger partial charge in [0.2, 0.25) is 5.88 Å². The van der Waals surface area contributed by atoms with E-state index in [9.17, 15) is 19.7 Å². The molecule has 0 saturated heterocycles. The number of ether oxygens (including phenoxy) is 2. The highest BCUT2D eigenvalue weighted by molar-refractivity contribution is 7.87. The molecule has 47 heavy (non-hydrogen) atoms. The van der Waals surface area contributed by atoms with E-state index in [2.05, 4.69) is 0 Å². The van der Waals surface area contributed by atoms with E-state index < -0.39 is 29.3 Å². The highest BCUT2D eigenvalue weighted by Gasteiger charge is 2.46. The second kappa shape index (κ2) is 13.0. The van der Waals surface area contributed by atoms with Gasteiger partial charge in [-0.3, -0.25) is 14.9 Å². The summed E-state index contributed by atoms with van der Waals surface area (Å²) in [5.41, 5.74) is 0.212. The Hall–Kier alpha value is -5.07. The number of esters is 1. The van der Waals surface area contributed by atoms with Gasteiger partial charge in [0, 0.05) is 46.5 Å². The molecule has 1 atom stereocenters. The molecule has 8 nitrogen and oxygen atoms in total. The van der Waals surface area contributed by atoms with Crippen molar-refractivity contribution in [1.82, 2.24) is 0 Å². The Morgan fingerprint density at radius 1 is 0.894 bits per heavy atom. The molecular weight excluding hydrogens is 611 g/mol. The molecule has 6 rings (SSSR count). The Morgan fingerprint density at radius 3 is 1.96 bits per heavy atom. The van der Waals surface area contributed by atoms with Gasteiger partial charge in [0.1, 0.15) is 11.3 Å². The number of benzene rings is 4. The average Bonchev–Trinajstić information content (AvgIpc) is 3.07. The first-order chi connectivity index (χ1) is 22.6. The van der Waals surface area contributed by atoms with Crippen molar-refractivity contribution >= 4 is 40.4 Å². The van der Waals surface area contributed by atoms with Crippen molar-refractivity contribution in [3.8, 4) is 0 Å². The zero-order valence-corrected chi connectivity index (χ0v) is 27.4. The van der Waals surface area contributed by atoms with E-state index in [1.54, 1.807) is 19.1 Å². The third-order valence-corrected chi connectivity index (χ3v) is 12.1. The van der Waals surface area contributed by atoms with Gasteiger partial charge in [0.15, 0.2) is 5.78 Å². The number of hydrogen-bond acceptors (Lipinski definition) is 7. The van der Waals surface area contributed by atoms with E-state index in [1.165, 1.54) is 12.1 Å². The van der Waals surface area contributed by atoms with Crippen LogP contribution in [0.4, 0.5) is 5.69 Å². The van der Waals surface area contributed by atoms with Crippen molar-refractivity contribution in [3.63, 3.8) is 0 Å². The monoisotopic (exact) mass is 646 g/mol. The highest BCUT2D eigenvalue weighted by atomic mass is 31.2. The molecule has 0 bridgehead atoms. The molecule has 0 radical (unpaired) electrons. The minimum Gasteiger partial charge on any atom is -0.462 e. The van der Waals surface area contributed by atoms with Crippen LogP contribution in [0.25, 0.3) is 0 Å². The molecule has 9 heteroatoms. The number of carbonyl (C=O) groups is 2. The maximum atomic E-state index is 14.1. The van der Waals surface area contributed by atoms with Crippen LogP contribution in [0.2, 0.25) is 0 Å². The van der Waals surface area contributed by atoms with E-state index in [-0.39, 0.29) is 36.0 Å². The number of Topliss-reactive ketones (excluding diaryl/α,β-unsaturated/α-hetero) is 1. The average molecular weight is 647 g/mol. The molecular formula is C38H35N2O6P. The van der Waals surface area contributed by atoms with Gasteiger partial charge < -0.3 is 9.47 Å². The van der Waals surface area contributed by atoms with Gasteiger partial charge in [-0.05, 0) is 17.9 Å². The van der Waals surface area contributed by atoms with Gasteiger partial charge >= 0.3 is 5.97 Å². The summed E-state index contributed by atoms with van der Waals surface area (Å²) in [5.74, 6) is -1.39. The number of non-ortho nitro benzene ring substituents is 1. The zero-order valence-electron chi connectivity index (χ0n) is 26.5. The molecule has 4 aromatic rings. The quantitative estimate of drug-likeness (QED) is 0.0860. The Labute approximate surface area is 274 Å². The van der Waals surface area contributed by atoms with Crippen LogP contribution in [0.1, 0.15) is 45.1 Å². The van der Waals surface area contributed by atoms with Gasteiger partial charge in [-0.2, -0.15) is 0 Å². The molecule has 0 spiro atoms. The Balaban J connectivity index is 1.76.